The van der Waals surface area contributed by atoms with Crippen LogP contribution in [-0.2, 0) is 22.6 Å². The van der Waals surface area contributed by atoms with Crippen LogP contribution >= 0.6 is 0 Å². The zero-order valence-electron chi connectivity index (χ0n) is 28.4. The van der Waals surface area contributed by atoms with Crippen molar-refractivity contribution >= 4 is 19.2 Å². The highest BCUT2D eigenvalue weighted by Crippen LogP contribution is 2.13. The molecule has 0 spiro atoms. The molecule has 2 aromatic rings. The van der Waals surface area contributed by atoms with E-state index in [1.807, 2.05) is 63.4 Å². The normalized spacial score (nSPS) is 11.1. The van der Waals surface area contributed by atoms with Crippen LogP contribution < -0.4 is 26.6 Å². The molecule has 0 aliphatic rings. The van der Waals surface area contributed by atoms with Gasteiger partial charge in [0.05, 0.1) is 6.67 Å². The lowest BCUT2D eigenvalue weighted by Gasteiger charge is -2.26. The van der Waals surface area contributed by atoms with E-state index in [-0.39, 0.29) is 24.1 Å². The zero-order valence-corrected chi connectivity index (χ0v) is 28.4. The molecule has 1 unspecified atom stereocenters. The molecule has 6 N–H and O–H groups in total. The Hall–Kier alpha value is -4.31. The summed E-state index contributed by atoms with van der Waals surface area (Å²) in [5.41, 5.74) is 2.18. The lowest BCUT2D eigenvalue weighted by molar-refractivity contribution is -0.122. The molecule has 0 saturated carbocycles. The van der Waals surface area contributed by atoms with E-state index >= 15 is 0 Å². The van der Waals surface area contributed by atoms with Crippen molar-refractivity contribution in [3.8, 4) is 0 Å². The van der Waals surface area contributed by atoms with Crippen molar-refractivity contribution in [3.63, 3.8) is 0 Å². The minimum absolute atomic E-state index is 0.177. The summed E-state index contributed by atoms with van der Waals surface area (Å²) >= 11 is 0. The Morgan fingerprint density at radius 3 is 2.00 bits per heavy atom. The number of carbonyl (C=O) groups excluding carboxylic acids is 1. The van der Waals surface area contributed by atoms with Gasteiger partial charge in [-0.25, -0.2) is 4.79 Å². The van der Waals surface area contributed by atoms with Gasteiger partial charge in [-0.1, -0.05) is 80.6 Å². The average molecular weight is 627 g/mol. The van der Waals surface area contributed by atoms with Gasteiger partial charge < -0.3 is 36.1 Å². The van der Waals surface area contributed by atoms with E-state index in [0.717, 1.165) is 43.8 Å². The number of allylic oxidation sites excluding steroid dienone is 2. The molecule has 45 heavy (non-hydrogen) atoms. The van der Waals surface area contributed by atoms with Gasteiger partial charge >= 0.3 is 6.03 Å². The highest BCUT2D eigenvalue weighted by atomic mass is 16.5. The quantitative estimate of drug-likeness (QED) is 0.0456. The molecule has 1 atom stereocenters. The van der Waals surface area contributed by atoms with Gasteiger partial charge in [0.15, 0.2) is 5.88 Å². The van der Waals surface area contributed by atoms with Gasteiger partial charge in [0, 0.05) is 26.2 Å². The van der Waals surface area contributed by atoms with Gasteiger partial charge in [-0.2, -0.15) is 0 Å². The number of rotatable bonds is 15. The second-order valence-corrected chi connectivity index (χ2v) is 10.6. The Kier molecular flexibility index (Phi) is 28.3. The van der Waals surface area contributed by atoms with Gasteiger partial charge in [0.2, 0.25) is 0 Å². The summed E-state index contributed by atoms with van der Waals surface area (Å²) < 4.78 is 5.94. The maximum atomic E-state index is 11.8. The van der Waals surface area contributed by atoms with E-state index in [1.165, 1.54) is 5.56 Å². The minimum atomic E-state index is -0.250. The van der Waals surface area contributed by atoms with E-state index < -0.39 is 0 Å². The van der Waals surface area contributed by atoms with Crippen molar-refractivity contribution in [1.29, 1.82) is 0 Å². The molecule has 2 aromatic carbocycles. The van der Waals surface area contributed by atoms with E-state index in [9.17, 15) is 4.79 Å². The predicted molar refractivity (Wildman–Crippen MR) is 188 cm³/mol. The highest BCUT2D eigenvalue weighted by Gasteiger charge is 2.14. The summed E-state index contributed by atoms with van der Waals surface area (Å²) in [6.07, 6.45) is 9.11. The third kappa shape index (κ3) is 30.9. The van der Waals surface area contributed by atoms with Gasteiger partial charge in [-0.15, -0.1) is 0 Å². The number of nitrogens with zero attached hydrogens (tertiary/aromatic N) is 1. The topological polar surface area (TPSA) is 136 Å². The van der Waals surface area contributed by atoms with Crippen LogP contribution in [0.15, 0.2) is 89.9 Å². The Morgan fingerprint density at radius 2 is 1.51 bits per heavy atom. The van der Waals surface area contributed by atoms with Crippen molar-refractivity contribution in [3.05, 3.63) is 96.0 Å². The van der Waals surface area contributed by atoms with Crippen LogP contribution in [0.25, 0.3) is 0 Å². The number of carbonyl (C=O) groups is 2. The number of aliphatic imine (C=N–C) groups is 1. The van der Waals surface area contributed by atoms with Crippen molar-refractivity contribution in [1.82, 2.24) is 26.6 Å². The van der Waals surface area contributed by atoms with Gasteiger partial charge in [0.25, 0.3) is 6.47 Å². The Balaban J connectivity index is 0. The first-order chi connectivity index (χ1) is 21.6. The summed E-state index contributed by atoms with van der Waals surface area (Å²) in [6, 6.07) is 20.3. The maximum Gasteiger partial charge on any atom is 0.316 e. The van der Waals surface area contributed by atoms with Crippen molar-refractivity contribution in [2.75, 3.05) is 20.3 Å². The van der Waals surface area contributed by atoms with Crippen LogP contribution in [0.2, 0.25) is 0 Å². The third-order valence-electron chi connectivity index (χ3n) is 5.24. The molecule has 252 valence electrons. The van der Waals surface area contributed by atoms with Crippen LogP contribution in [0.3, 0.4) is 0 Å². The molecule has 0 aliphatic heterocycles. The molecule has 0 bridgehead atoms. The highest BCUT2D eigenvalue weighted by molar-refractivity contribution is 5.73. The number of hydrogen-bond acceptors (Lipinski definition) is 7. The van der Waals surface area contributed by atoms with Crippen molar-refractivity contribution < 1.29 is 19.4 Å². The number of hydrogen-bond donors (Lipinski definition) is 6. The fourth-order valence-electron chi connectivity index (χ4n) is 3.32. The van der Waals surface area contributed by atoms with Crippen LogP contribution in [0, 0.1) is 0 Å². The standard InChI is InChI=1S/C21H36N4O2.C11H15N.C2H5N.CH2O2/c1-6-10-19(27-21(3,4)5)25-17(2)13-14-22-16-24-20(26)23-15-18-11-8-7-9-12-18;1-2-3-9-12-10-11-7-5-4-6-8-11;1-3-2;2-1-3/h7-12,17,22,25H,6,13-16H2,1-5H3,(H2,23,24,26);3-9,12H,2,10H2,1H3;1H2,2H3;1H,(H,2,3)/b19-10-;9-3-;;. The van der Waals surface area contributed by atoms with Crippen LogP contribution in [0.4, 0.5) is 4.79 Å². The smallest absolute Gasteiger partial charge is 0.316 e. The van der Waals surface area contributed by atoms with Gasteiger partial charge in [-0.3, -0.25) is 10.1 Å². The molecule has 10 heteroatoms. The average Bonchev–Trinajstić information content (AvgIpc) is 3.00. The SMILES string of the molecule is C=NC.CC/C=C(/NC(C)CCNCNC(=O)NCc1ccccc1)OC(C)(C)C.CC/C=C\NCc1ccccc1.O=CO. The number of nitrogens with one attached hydrogen (secondary N) is 5. The Labute approximate surface area is 271 Å². The largest absolute Gasteiger partial charge is 0.483 e. The molecular formula is C35H58N6O4. The predicted octanol–water partition coefficient (Wildman–Crippen LogP) is 6.19. The molecule has 10 nitrogen and oxygen atoms in total. The van der Waals surface area contributed by atoms with Crippen molar-refractivity contribution in [2.24, 2.45) is 4.99 Å². The number of ether oxygens (including phenoxy) is 1. The summed E-state index contributed by atoms with van der Waals surface area (Å²) in [7, 11) is 1.64. The molecule has 0 fully saturated rings. The van der Waals surface area contributed by atoms with Crippen molar-refractivity contribution in [2.45, 2.75) is 85.5 Å². The maximum absolute atomic E-state index is 11.8. The number of urea groups is 1. The molecular weight excluding hydrogens is 568 g/mol. The Morgan fingerprint density at radius 1 is 0.978 bits per heavy atom. The summed E-state index contributed by atoms with van der Waals surface area (Å²) in [6.45, 7) is 18.0. The fourth-order valence-corrected chi connectivity index (χ4v) is 3.32. The van der Waals surface area contributed by atoms with E-state index in [1.54, 1.807) is 7.05 Å². The summed E-state index contributed by atoms with van der Waals surface area (Å²) in [5, 5.41) is 22.4. The summed E-state index contributed by atoms with van der Waals surface area (Å²) in [4.78, 5) is 23.4. The molecule has 0 radical (unpaired) electrons. The first-order valence-corrected chi connectivity index (χ1v) is 15.3. The van der Waals surface area contributed by atoms with Crippen LogP contribution in [-0.4, -0.2) is 56.2 Å². The first kappa shape index (κ1) is 42.8. The first-order valence-electron chi connectivity index (χ1n) is 15.3. The van der Waals surface area contributed by atoms with Crippen LogP contribution in [0.1, 0.15) is 71.9 Å². The molecule has 0 heterocycles. The fraction of sp³-hybridized carbons (Fsp3) is 0.457. The second kappa shape index (κ2) is 29.7. The minimum Gasteiger partial charge on any atom is -0.483 e. The third-order valence-corrected chi connectivity index (χ3v) is 5.24. The number of benzene rings is 2. The monoisotopic (exact) mass is 626 g/mol. The summed E-state index contributed by atoms with van der Waals surface area (Å²) in [5.74, 6) is 0.830. The zero-order chi connectivity index (χ0) is 34.2. The molecule has 0 saturated heterocycles. The van der Waals surface area contributed by atoms with E-state index in [4.69, 9.17) is 14.6 Å². The van der Waals surface area contributed by atoms with Gasteiger partial charge in [0.1, 0.15) is 5.60 Å². The second-order valence-electron chi connectivity index (χ2n) is 10.6. The van der Waals surface area contributed by atoms with E-state index in [0.29, 0.717) is 13.2 Å². The number of amides is 2. The number of carboxylic acid groups (broad SMARTS) is 1. The lowest BCUT2D eigenvalue weighted by atomic mass is 10.2. The van der Waals surface area contributed by atoms with Gasteiger partial charge in [-0.05, 0) is 83.6 Å². The lowest BCUT2D eigenvalue weighted by Crippen LogP contribution is -2.41. The van der Waals surface area contributed by atoms with Crippen LogP contribution in [0.5, 0.6) is 0 Å². The molecule has 0 aromatic heterocycles. The Bertz CT molecular complexity index is 1040. The molecule has 0 aliphatic carbocycles. The molecule has 2 amide bonds. The van der Waals surface area contributed by atoms with E-state index in [2.05, 4.69) is 95.5 Å². The molecule has 2 rings (SSSR count).